The molecule has 2 rings (SSSR count). The van der Waals surface area contributed by atoms with Gasteiger partial charge in [-0.3, -0.25) is 0 Å². The molecule has 0 spiro atoms. The maximum atomic E-state index is 9.81. The van der Waals surface area contributed by atoms with Gasteiger partial charge in [0.05, 0.1) is 0 Å². The van der Waals surface area contributed by atoms with Crippen LogP contribution in [-0.4, -0.2) is 5.11 Å². The highest BCUT2D eigenvalue weighted by Crippen LogP contribution is 2.33. The summed E-state index contributed by atoms with van der Waals surface area (Å²) in [5.41, 5.74) is 8.16. The predicted molar refractivity (Wildman–Crippen MR) is 67.6 cm³/mol. The Bertz CT molecular complexity index is 517. The molecule has 0 unspecified atom stereocenters. The lowest BCUT2D eigenvalue weighted by Gasteiger charge is -2.15. The van der Waals surface area contributed by atoms with Gasteiger partial charge >= 0.3 is 0 Å². The van der Waals surface area contributed by atoms with Gasteiger partial charge in [-0.05, 0) is 28.5 Å². The SMILES string of the molecule is CC(C)c1c(CN)ccc2c(O)cccc12. The van der Waals surface area contributed by atoms with E-state index in [1.165, 1.54) is 5.56 Å². The van der Waals surface area contributed by atoms with Crippen LogP contribution in [0.4, 0.5) is 0 Å². The molecule has 84 valence electrons. The molecule has 2 aromatic rings. The smallest absolute Gasteiger partial charge is 0.123 e. The number of fused-ring (bicyclic) bond motifs is 1. The standard InChI is InChI=1S/C14H17NO/c1-9(2)14-10(8-15)6-7-11-12(14)4-3-5-13(11)16/h3-7,9,16H,8,15H2,1-2H3. The Labute approximate surface area is 95.7 Å². The first kappa shape index (κ1) is 11.0. The third kappa shape index (κ3) is 1.65. The molecule has 0 aromatic heterocycles. The number of nitrogens with two attached hydrogens (primary N) is 1. The molecule has 0 atom stereocenters. The molecule has 0 heterocycles. The van der Waals surface area contributed by atoms with Gasteiger partial charge in [0, 0.05) is 11.9 Å². The molecule has 0 aliphatic heterocycles. The Morgan fingerprint density at radius 3 is 2.50 bits per heavy atom. The van der Waals surface area contributed by atoms with Gasteiger partial charge in [0.25, 0.3) is 0 Å². The third-order valence-electron chi connectivity index (χ3n) is 2.97. The van der Waals surface area contributed by atoms with Crippen LogP contribution >= 0.6 is 0 Å². The summed E-state index contributed by atoms with van der Waals surface area (Å²) >= 11 is 0. The van der Waals surface area contributed by atoms with Crippen LogP contribution in [-0.2, 0) is 6.54 Å². The molecule has 0 saturated carbocycles. The molecular formula is C14H17NO. The average molecular weight is 215 g/mol. The second kappa shape index (κ2) is 4.14. The molecule has 0 aliphatic carbocycles. The highest BCUT2D eigenvalue weighted by molar-refractivity contribution is 5.91. The highest BCUT2D eigenvalue weighted by Gasteiger charge is 2.11. The van der Waals surface area contributed by atoms with E-state index in [0.29, 0.717) is 18.2 Å². The van der Waals surface area contributed by atoms with E-state index in [2.05, 4.69) is 13.8 Å². The van der Waals surface area contributed by atoms with E-state index in [4.69, 9.17) is 5.73 Å². The van der Waals surface area contributed by atoms with Crippen molar-refractivity contribution in [2.24, 2.45) is 5.73 Å². The van der Waals surface area contributed by atoms with Crippen LogP contribution in [0, 0.1) is 0 Å². The monoisotopic (exact) mass is 215 g/mol. The first-order valence-corrected chi connectivity index (χ1v) is 5.58. The van der Waals surface area contributed by atoms with E-state index in [1.54, 1.807) is 6.07 Å². The fourth-order valence-electron chi connectivity index (χ4n) is 2.27. The van der Waals surface area contributed by atoms with Crippen LogP contribution in [0.1, 0.15) is 30.9 Å². The number of hydrogen-bond acceptors (Lipinski definition) is 2. The van der Waals surface area contributed by atoms with Crippen molar-refractivity contribution >= 4 is 10.8 Å². The second-order valence-electron chi connectivity index (χ2n) is 4.37. The topological polar surface area (TPSA) is 46.2 Å². The number of phenols is 1. The van der Waals surface area contributed by atoms with E-state index in [1.807, 2.05) is 24.3 Å². The molecule has 3 N–H and O–H groups in total. The maximum absolute atomic E-state index is 9.81. The van der Waals surface area contributed by atoms with Gasteiger partial charge in [-0.1, -0.05) is 38.1 Å². The van der Waals surface area contributed by atoms with Gasteiger partial charge in [0.1, 0.15) is 5.75 Å². The normalized spacial score (nSPS) is 11.2. The van der Waals surface area contributed by atoms with Crippen LogP contribution in [0.25, 0.3) is 10.8 Å². The summed E-state index contributed by atoms with van der Waals surface area (Å²) in [6.07, 6.45) is 0. The van der Waals surface area contributed by atoms with Crippen molar-refractivity contribution < 1.29 is 5.11 Å². The molecule has 2 aromatic carbocycles. The van der Waals surface area contributed by atoms with E-state index in [0.717, 1.165) is 16.3 Å². The van der Waals surface area contributed by atoms with Crippen LogP contribution < -0.4 is 5.73 Å². The summed E-state index contributed by atoms with van der Waals surface area (Å²) in [5, 5.41) is 11.8. The summed E-state index contributed by atoms with van der Waals surface area (Å²) in [6, 6.07) is 9.60. The average Bonchev–Trinajstić information content (AvgIpc) is 2.27. The fraction of sp³-hybridized carbons (Fsp3) is 0.286. The number of aromatic hydroxyl groups is 1. The molecule has 16 heavy (non-hydrogen) atoms. The van der Waals surface area contributed by atoms with Crippen molar-refractivity contribution in [2.45, 2.75) is 26.3 Å². The highest BCUT2D eigenvalue weighted by atomic mass is 16.3. The first-order chi connectivity index (χ1) is 7.65. The largest absolute Gasteiger partial charge is 0.507 e. The summed E-state index contributed by atoms with van der Waals surface area (Å²) in [6.45, 7) is 4.84. The van der Waals surface area contributed by atoms with Crippen molar-refractivity contribution in [3.63, 3.8) is 0 Å². The molecular weight excluding hydrogens is 198 g/mol. The zero-order chi connectivity index (χ0) is 11.7. The Kier molecular flexibility index (Phi) is 2.84. The maximum Gasteiger partial charge on any atom is 0.123 e. The van der Waals surface area contributed by atoms with Gasteiger partial charge in [0.2, 0.25) is 0 Å². The molecule has 0 saturated heterocycles. The third-order valence-corrected chi connectivity index (χ3v) is 2.97. The Morgan fingerprint density at radius 1 is 1.12 bits per heavy atom. The lowest BCUT2D eigenvalue weighted by Crippen LogP contribution is -2.03. The van der Waals surface area contributed by atoms with Crippen LogP contribution in [0.5, 0.6) is 5.75 Å². The zero-order valence-corrected chi connectivity index (χ0v) is 9.70. The van der Waals surface area contributed by atoms with Gasteiger partial charge in [-0.15, -0.1) is 0 Å². The molecule has 2 heteroatoms. The molecule has 0 radical (unpaired) electrons. The van der Waals surface area contributed by atoms with Gasteiger partial charge < -0.3 is 10.8 Å². The van der Waals surface area contributed by atoms with E-state index in [-0.39, 0.29) is 0 Å². The molecule has 0 aliphatic rings. The predicted octanol–water partition coefficient (Wildman–Crippen LogP) is 3.13. The van der Waals surface area contributed by atoms with E-state index < -0.39 is 0 Å². The molecule has 2 nitrogen and oxygen atoms in total. The van der Waals surface area contributed by atoms with Crippen molar-refractivity contribution in [3.8, 4) is 5.75 Å². The minimum absolute atomic E-state index is 0.336. The zero-order valence-electron chi connectivity index (χ0n) is 9.70. The number of benzene rings is 2. The van der Waals surface area contributed by atoms with Gasteiger partial charge in [-0.2, -0.15) is 0 Å². The minimum atomic E-state index is 0.336. The minimum Gasteiger partial charge on any atom is -0.507 e. The Balaban J connectivity index is 2.84. The van der Waals surface area contributed by atoms with Gasteiger partial charge in [0.15, 0.2) is 0 Å². The Morgan fingerprint density at radius 2 is 1.88 bits per heavy atom. The van der Waals surface area contributed by atoms with Crippen molar-refractivity contribution in [1.29, 1.82) is 0 Å². The first-order valence-electron chi connectivity index (χ1n) is 5.58. The lowest BCUT2D eigenvalue weighted by molar-refractivity contribution is 0.481. The molecule has 0 fully saturated rings. The second-order valence-corrected chi connectivity index (χ2v) is 4.37. The lowest BCUT2D eigenvalue weighted by atomic mass is 9.91. The van der Waals surface area contributed by atoms with Crippen LogP contribution in [0.2, 0.25) is 0 Å². The van der Waals surface area contributed by atoms with Crippen molar-refractivity contribution in [2.75, 3.05) is 0 Å². The van der Waals surface area contributed by atoms with Gasteiger partial charge in [-0.25, -0.2) is 0 Å². The fourth-order valence-corrected chi connectivity index (χ4v) is 2.27. The van der Waals surface area contributed by atoms with Crippen LogP contribution in [0.15, 0.2) is 30.3 Å². The van der Waals surface area contributed by atoms with E-state index >= 15 is 0 Å². The molecule has 0 bridgehead atoms. The summed E-state index contributed by atoms with van der Waals surface area (Å²) in [4.78, 5) is 0. The van der Waals surface area contributed by atoms with E-state index in [9.17, 15) is 5.11 Å². The number of rotatable bonds is 2. The number of phenolic OH excluding ortho intramolecular Hbond substituents is 1. The summed E-state index contributed by atoms with van der Waals surface area (Å²) < 4.78 is 0. The van der Waals surface area contributed by atoms with Crippen molar-refractivity contribution in [1.82, 2.24) is 0 Å². The summed E-state index contributed by atoms with van der Waals surface area (Å²) in [5.74, 6) is 0.743. The number of hydrogen-bond donors (Lipinski definition) is 2. The van der Waals surface area contributed by atoms with Crippen molar-refractivity contribution in [3.05, 3.63) is 41.5 Å². The molecule has 0 amide bonds. The Hall–Kier alpha value is -1.54. The summed E-state index contributed by atoms with van der Waals surface area (Å²) in [7, 11) is 0. The van der Waals surface area contributed by atoms with Crippen LogP contribution in [0.3, 0.4) is 0 Å². The quantitative estimate of drug-likeness (QED) is 0.808.